The summed E-state index contributed by atoms with van der Waals surface area (Å²) in [6.45, 7) is -0.382. The fourth-order valence-electron chi connectivity index (χ4n) is 1.03. The molecule has 5 nitrogen and oxygen atoms in total. The lowest BCUT2D eigenvalue weighted by molar-refractivity contribution is -0.386. The molecule has 0 saturated heterocycles. The number of aliphatic hydroxyl groups excluding tert-OH is 1. The van der Waals surface area contributed by atoms with Crippen molar-refractivity contribution in [3.05, 3.63) is 33.9 Å². The van der Waals surface area contributed by atoms with E-state index in [1.165, 1.54) is 0 Å². The summed E-state index contributed by atoms with van der Waals surface area (Å²) in [6, 6.07) is 1.44. The maximum absolute atomic E-state index is 13.3. The summed E-state index contributed by atoms with van der Waals surface area (Å²) in [5, 5.41) is 19.9. The molecule has 1 atom stereocenters. The number of nitro benzene ring substituents is 1. The molecule has 8 heteroatoms. The lowest BCUT2D eigenvalue weighted by atomic mass is 10.2. The molecule has 0 aromatic heterocycles. The molecule has 1 unspecified atom stereocenters. The molecule has 0 aliphatic rings. The number of halogens is 3. The predicted molar refractivity (Wildman–Crippen MR) is 58.3 cm³/mol. The summed E-state index contributed by atoms with van der Waals surface area (Å²) >= 11 is 2.94. The fourth-order valence-corrected chi connectivity index (χ4v) is 1.21. The molecule has 0 fully saturated rings. The van der Waals surface area contributed by atoms with E-state index in [0.717, 1.165) is 6.07 Å². The first-order valence-corrected chi connectivity index (χ1v) is 5.58. The van der Waals surface area contributed by atoms with E-state index in [2.05, 4.69) is 15.9 Å². The highest BCUT2D eigenvalue weighted by Gasteiger charge is 2.23. The molecule has 0 radical (unpaired) electrons. The summed E-state index contributed by atoms with van der Waals surface area (Å²) in [6.07, 6.45) is -0.975. The van der Waals surface area contributed by atoms with Gasteiger partial charge in [0.15, 0.2) is 5.82 Å². The van der Waals surface area contributed by atoms with Crippen LogP contribution in [-0.4, -0.2) is 28.1 Å². The molecule has 1 rings (SSSR count). The van der Waals surface area contributed by atoms with Crippen LogP contribution in [0.15, 0.2) is 12.1 Å². The van der Waals surface area contributed by atoms with Crippen LogP contribution in [0, 0.1) is 21.7 Å². The van der Waals surface area contributed by atoms with Gasteiger partial charge in [0.05, 0.1) is 11.0 Å². The zero-order valence-corrected chi connectivity index (χ0v) is 9.99. The summed E-state index contributed by atoms with van der Waals surface area (Å²) in [7, 11) is 0. The molecular weight excluding hydrogens is 304 g/mol. The Labute approximate surface area is 103 Å². The van der Waals surface area contributed by atoms with Gasteiger partial charge in [-0.3, -0.25) is 10.1 Å². The number of rotatable bonds is 5. The van der Waals surface area contributed by atoms with Crippen molar-refractivity contribution in [2.75, 3.05) is 11.9 Å². The average molecular weight is 312 g/mol. The molecule has 0 amide bonds. The highest BCUT2D eigenvalue weighted by molar-refractivity contribution is 9.09. The van der Waals surface area contributed by atoms with Gasteiger partial charge in [-0.25, -0.2) is 4.39 Å². The molecule has 0 bridgehead atoms. The Morgan fingerprint density at radius 2 is 2.18 bits per heavy atom. The van der Waals surface area contributed by atoms with Crippen molar-refractivity contribution >= 4 is 21.6 Å². The average Bonchev–Trinajstić information content (AvgIpc) is 2.30. The van der Waals surface area contributed by atoms with Crippen LogP contribution >= 0.6 is 15.9 Å². The predicted octanol–water partition coefficient (Wildman–Crippen LogP) is 2.01. The number of ether oxygens (including phenoxy) is 1. The lowest BCUT2D eigenvalue weighted by Gasteiger charge is -2.10. The van der Waals surface area contributed by atoms with Crippen LogP contribution in [0.3, 0.4) is 0 Å². The van der Waals surface area contributed by atoms with E-state index >= 15 is 0 Å². The van der Waals surface area contributed by atoms with Crippen molar-refractivity contribution < 1.29 is 23.5 Å². The van der Waals surface area contributed by atoms with Gasteiger partial charge in [0, 0.05) is 11.4 Å². The van der Waals surface area contributed by atoms with E-state index in [1.54, 1.807) is 0 Å². The molecule has 0 aliphatic carbocycles. The molecule has 0 heterocycles. The van der Waals surface area contributed by atoms with E-state index in [-0.39, 0.29) is 11.9 Å². The Morgan fingerprint density at radius 1 is 1.53 bits per heavy atom. The van der Waals surface area contributed by atoms with Crippen molar-refractivity contribution in [1.29, 1.82) is 0 Å². The number of benzene rings is 1. The van der Waals surface area contributed by atoms with Gasteiger partial charge >= 0.3 is 5.69 Å². The second kappa shape index (κ2) is 5.87. The molecule has 1 N–H and O–H groups in total. The van der Waals surface area contributed by atoms with Crippen LogP contribution in [0.5, 0.6) is 5.75 Å². The molecule has 0 saturated carbocycles. The minimum atomic E-state index is -1.44. The van der Waals surface area contributed by atoms with Gasteiger partial charge in [0.1, 0.15) is 6.61 Å². The van der Waals surface area contributed by atoms with Crippen LogP contribution in [0.2, 0.25) is 0 Å². The zero-order chi connectivity index (χ0) is 13.0. The van der Waals surface area contributed by atoms with Crippen LogP contribution < -0.4 is 4.74 Å². The quantitative estimate of drug-likeness (QED) is 0.513. The third kappa shape index (κ3) is 3.34. The number of nitro groups is 1. The van der Waals surface area contributed by atoms with Crippen LogP contribution in [-0.2, 0) is 0 Å². The van der Waals surface area contributed by atoms with Gasteiger partial charge in [-0.1, -0.05) is 15.9 Å². The first-order chi connectivity index (χ1) is 7.97. The molecule has 0 aliphatic heterocycles. The summed E-state index contributed by atoms with van der Waals surface area (Å²) in [5.41, 5.74) is -0.689. The van der Waals surface area contributed by atoms with Crippen molar-refractivity contribution in [1.82, 2.24) is 0 Å². The Balaban J connectivity index is 3.02. The van der Waals surface area contributed by atoms with Crippen molar-refractivity contribution in [3.8, 4) is 5.75 Å². The minimum Gasteiger partial charge on any atom is -0.482 e. The van der Waals surface area contributed by atoms with Gasteiger partial charge < -0.3 is 9.84 Å². The van der Waals surface area contributed by atoms with Gasteiger partial charge in [-0.05, 0) is 6.07 Å². The van der Waals surface area contributed by atoms with E-state index < -0.39 is 34.1 Å². The lowest BCUT2D eigenvalue weighted by Crippen LogP contribution is -2.19. The summed E-state index contributed by atoms with van der Waals surface area (Å²) < 4.78 is 30.9. The maximum atomic E-state index is 13.3. The number of alkyl halides is 1. The number of nitrogens with zero attached hydrogens (tertiary/aromatic N) is 1. The second-order valence-electron chi connectivity index (χ2n) is 3.09. The topological polar surface area (TPSA) is 72.6 Å². The monoisotopic (exact) mass is 311 g/mol. The molecule has 1 aromatic rings. The van der Waals surface area contributed by atoms with E-state index in [4.69, 9.17) is 9.84 Å². The molecule has 94 valence electrons. The zero-order valence-electron chi connectivity index (χ0n) is 8.40. The SMILES string of the molecule is O=[N+]([O-])c1ccc(F)c(F)c1OCC(O)CBr. The minimum absolute atomic E-state index is 0.151. The van der Waals surface area contributed by atoms with Crippen molar-refractivity contribution in [3.63, 3.8) is 0 Å². The Bertz CT molecular complexity index is 430. The van der Waals surface area contributed by atoms with Crippen LogP contribution in [0.4, 0.5) is 14.5 Å². The standard InChI is InChI=1S/C9H8BrF2NO4/c10-3-5(14)4-17-9-7(13(15)16)2-1-6(11)8(9)12/h1-2,5,14H,3-4H2. The third-order valence-electron chi connectivity index (χ3n) is 1.82. The van der Waals surface area contributed by atoms with Crippen molar-refractivity contribution in [2.45, 2.75) is 6.10 Å². The highest BCUT2D eigenvalue weighted by Crippen LogP contribution is 2.31. The Hall–Kier alpha value is -1.28. The molecule has 0 spiro atoms. The third-order valence-corrected chi connectivity index (χ3v) is 2.57. The van der Waals surface area contributed by atoms with Gasteiger partial charge in [0.2, 0.25) is 11.6 Å². The van der Waals surface area contributed by atoms with Gasteiger partial charge in [0.25, 0.3) is 0 Å². The summed E-state index contributed by atoms with van der Waals surface area (Å²) in [5.74, 6) is -3.50. The number of hydrogen-bond acceptors (Lipinski definition) is 4. The molecule has 17 heavy (non-hydrogen) atoms. The van der Waals surface area contributed by atoms with Crippen LogP contribution in [0.1, 0.15) is 0 Å². The van der Waals surface area contributed by atoms with Gasteiger partial charge in [-0.2, -0.15) is 4.39 Å². The molecular formula is C9H8BrF2NO4. The maximum Gasteiger partial charge on any atom is 0.314 e. The molecule has 1 aromatic carbocycles. The normalized spacial score (nSPS) is 12.2. The van der Waals surface area contributed by atoms with E-state index in [1.807, 2.05) is 0 Å². The van der Waals surface area contributed by atoms with Crippen LogP contribution in [0.25, 0.3) is 0 Å². The first-order valence-electron chi connectivity index (χ1n) is 4.46. The van der Waals surface area contributed by atoms with Crippen molar-refractivity contribution in [2.24, 2.45) is 0 Å². The van der Waals surface area contributed by atoms with E-state index in [9.17, 15) is 18.9 Å². The van der Waals surface area contributed by atoms with Gasteiger partial charge in [-0.15, -0.1) is 0 Å². The first kappa shape index (κ1) is 13.8. The Kier molecular flexibility index (Phi) is 4.76. The number of hydrogen-bond donors (Lipinski definition) is 1. The Morgan fingerprint density at radius 3 is 2.71 bits per heavy atom. The fraction of sp³-hybridized carbons (Fsp3) is 0.333. The van der Waals surface area contributed by atoms with E-state index in [0.29, 0.717) is 6.07 Å². The largest absolute Gasteiger partial charge is 0.482 e. The smallest absolute Gasteiger partial charge is 0.314 e. The highest BCUT2D eigenvalue weighted by atomic mass is 79.9. The summed E-state index contributed by atoms with van der Waals surface area (Å²) in [4.78, 5) is 9.67. The second-order valence-corrected chi connectivity index (χ2v) is 3.73. The number of aliphatic hydroxyl groups is 1.